The Morgan fingerprint density at radius 1 is 1.17 bits per heavy atom. The molecular formula is C22H33N5O3. The number of nitrogens with one attached hydrogen (secondary N) is 2. The van der Waals surface area contributed by atoms with E-state index >= 15 is 0 Å². The number of nitrogens with zero attached hydrogens (tertiary/aromatic N) is 3. The van der Waals surface area contributed by atoms with Crippen LogP contribution in [0.15, 0.2) is 18.2 Å². The van der Waals surface area contributed by atoms with Gasteiger partial charge in [0.1, 0.15) is 19.3 Å². The first-order chi connectivity index (χ1) is 14.3. The third-order valence-electron chi connectivity index (χ3n) is 6.13. The van der Waals surface area contributed by atoms with Gasteiger partial charge in [-0.15, -0.1) is 0 Å². The molecule has 2 N–H and O–H groups in total. The van der Waals surface area contributed by atoms with Crippen molar-refractivity contribution in [2.24, 2.45) is 5.92 Å². The molecule has 30 heavy (non-hydrogen) atoms. The Bertz CT molecular complexity index is 792. The number of hydrogen-bond donors (Lipinski definition) is 2. The molecule has 2 aliphatic rings. The van der Waals surface area contributed by atoms with Crippen LogP contribution in [0.4, 0.5) is 4.79 Å². The Morgan fingerprint density at radius 2 is 1.87 bits per heavy atom. The normalized spacial score (nSPS) is 19.9. The van der Waals surface area contributed by atoms with Crippen LogP contribution in [0.5, 0.6) is 0 Å². The third-order valence-corrected chi connectivity index (χ3v) is 6.13. The van der Waals surface area contributed by atoms with Crippen molar-refractivity contribution in [3.05, 3.63) is 34.9 Å². The number of hydrogen-bond acceptors (Lipinski definition) is 4. The van der Waals surface area contributed by atoms with Crippen molar-refractivity contribution >= 4 is 17.8 Å². The quantitative estimate of drug-likeness (QED) is 0.698. The number of fused-ring (bicyclic) bond motifs is 1. The summed E-state index contributed by atoms with van der Waals surface area (Å²) in [6.07, 6.45) is 0.567. The molecule has 8 heteroatoms. The minimum atomic E-state index is -0.398. The number of amides is 4. The lowest BCUT2D eigenvalue weighted by Gasteiger charge is -2.40. The lowest BCUT2D eigenvalue weighted by atomic mass is 10.0. The third kappa shape index (κ3) is 4.75. The average Bonchev–Trinajstić information content (AvgIpc) is 3.02. The highest BCUT2D eigenvalue weighted by Gasteiger charge is 2.46. The molecule has 2 saturated heterocycles. The van der Waals surface area contributed by atoms with E-state index in [0.29, 0.717) is 25.6 Å². The summed E-state index contributed by atoms with van der Waals surface area (Å²) in [6.45, 7) is 8.53. The maximum atomic E-state index is 12.9. The summed E-state index contributed by atoms with van der Waals surface area (Å²) in [6, 6.07) is 5.78. The standard InChI is InChI=1S/C22H33N5O3/c1-15(8-9-23-4)11-25-12-19-26(13-20(25)28)21(29)14-27(19)22(30)24-10-18-16(2)6-5-7-17(18)3/h5-7,15,19,23H,8-14H2,1-4H3,(H,24,30). The number of benzene rings is 1. The summed E-state index contributed by atoms with van der Waals surface area (Å²) in [5.74, 6) is 0.128. The van der Waals surface area contributed by atoms with Gasteiger partial charge in [0.15, 0.2) is 0 Å². The van der Waals surface area contributed by atoms with E-state index in [0.717, 1.165) is 29.7 Å². The van der Waals surface area contributed by atoms with E-state index in [2.05, 4.69) is 17.6 Å². The zero-order valence-electron chi connectivity index (χ0n) is 18.4. The van der Waals surface area contributed by atoms with Crippen molar-refractivity contribution in [2.75, 3.05) is 39.8 Å². The van der Waals surface area contributed by atoms with Crippen molar-refractivity contribution in [3.63, 3.8) is 0 Å². The van der Waals surface area contributed by atoms with Crippen molar-refractivity contribution in [2.45, 2.75) is 39.9 Å². The topological polar surface area (TPSA) is 85.0 Å². The lowest BCUT2D eigenvalue weighted by Crippen LogP contribution is -2.60. The average molecular weight is 416 g/mol. The molecule has 1 aromatic rings. The molecule has 0 aliphatic carbocycles. The zero-order valence-corrected chi connectivity index (χ0v) is 18.4. The van der Waals surface area contributed by atoms with E-state index in [1.807, 2.05) is 39.1 Å². The van der Waals surface area contributed by atoms with Crippen LogP contribution in [-0.2, 0) is 16.1 Å². The molecule has 2 heterocycles. The highest BCUT2D eigenvalue weighted by Crippen LogP contribution is 2.23. The molecule has 1 aromatic carbocycles. The van der Waals surface area contributed by atoms with E-state index in [9.17, 15) is 14.4 Å². The van der Waals surface area contributed by atoms with E-state index in [1.165, 1.54) is 4.90 Å². The molecule has 2 unspecified atom stereocenters. The molecule has 4 amide bonds. The molecule has 0 spiro atoms. The molecule has 3 rings (SSSR count). The van der Waals surface area contributed by atoms with Gasteiger partial charge in [0.05, 0.1) is 6.54 Å². The van der Waals surface area contributed by atoms with Crippen LogP contribution in [0, 0.1) is 19.8 Å². The fraction of sp³-hybridized carbons (Fsp3) is 0.591. The maximum absolute atomic E-state index is 12.9. The molecule has 0 aromatic heterocycles. The fourth-order valence-corrected chi connectivity index (χ4v) is 4.25. The second-order valence-corrected chi connectivity index (χ2v) is 8.46. The van der Waals surface area contributed by atoms with E-state index in [1.54, 1.807) is 9.80 Å². The van der Waals surface area contributed by atoms with Crippen LogP contribution in [0.3, 0.4) is 0 Å². The summed E-state index contributed by atoms with van der Waals surface area (Å²) >= 11 is 0. The maximum Gasteiger partial charge on any atom is 0.319 e. The van der Waals surface area contributed by atoms with E-state index in [4.69, 9.17) is 0 Å². The van der Waals surface area contributed by atoms with Crippen LogP contribution in [-0.4, -0.2) is 78.5 Å². The zero-order chi connectivity index (χ0) is 21.8. The molecule has 0 saturated carbocycles. The van der Waals surface area contributed by atoms with Gasteiger partial charge in [0.25, 0.3) is 0 Å². The number of carbonyl (C=O) groups is 3. The minimum Gasteiger partial charge on any atom is -0.337 e. The molecule has 0 bridgehead atoms. The first-order valence-corrected chi connectivity index (χ1v) is 10.6. The van der Waals surface area contributed by atoms with Gasteiger partial charge in [0, 0.05) is 13.1 Å². The first kappa shape index (κ1) is 22.1. The van der Waals surface area contributed by atoms with Crippen LogP contribution < -0.4 is 10.6 Å². The summed E-state index contributed by atoms with van der Waals surface area (Å²) in [5.41, 5.74) is 3.34. The SMILES string of the molecule is CNCCC(C)CN1CC2N(CC1=O)C(=O)CN2C(=O)NCc1c(C)cccc1C. The monoisotopic (exact) mass is 415 g/mol. The number of rotatable bonds is 7. The first-order valence-electron chi connectivity index (χ1n) is 10.6. The Kier molecular flexibility index (Phi) is 6.97. The number of urea groups is 1. The van der Waals surface area contributed by atoms with Crippen LogP contribution in [0.25, 0.3) is 0 Å². The molecule has 8 nitrogen and oxygen atoms in total. The number of aryl methyl sites for hydroxylation is 2. The van der Waals surface area contributed by atoms with Gasteiger partial charge in [0.2, 0.25) is 11.8 Å². The van der Waals surface area contributed by atoms with E-state index < -0.39 is 6.17 Å². The van der Waals surface area contributed by atoms with Gasteiger partial charge in [-0.25, -0.2) is 4.79 Å². The second kappa shape index (κ2) is 9.47. The van der Waals surface area contributed by atoms with Gasteiger partial charge in [-0.05, 0) is 56.5 Å². The molecule has 164 valence electrons. The molecule has 2 fully saturated rings. The van der Waals surface area contributed by atoms with E-state index in [-0.39, 0.29) is 30.9 Å². The summed E-state index contributed by atoms with van der Waals surface area (Å²) < 4.78 is 0. The Balaban J connectivity index is 1.65. The minimum absolute atomic E-state index is 0.0136. The van der Waals surface area contributed by atoms with Crippen LogP contribution in [0.2, 0.25) is 0 Å². The predicted molar refractivity (Wildman–Crippen MR) is 115 cm³/mol. The predicted octanol–water partition coefficient (Wildman–Crippen LogP) is 1.07. The van der Waals surface area contributed by atoms with Crippen LogP contribution in [0.1, 0.15) is 30.0 Å². The Hall–Kier alpha value is -2.61. The number of piperazine rings is 1. The van der Waals surface area contributed by atoms with Crippen molar-refractivity contribution in [1.82, 2.24) is 25.3 Å². The molecule has 0 radical (unpaired) electrons. The van der Waals surface area contributed by atoms with Crippen LogP contribution >= 0.6 is 0 Å². The Morgan fingerprint density at radius 3 is 2.53 bits per heavy atom. The highest BCUT2D eigenvalue weighted by atomic mass is 16.2. The summed E-state index contributed by atoms with van der Waals surface area (Å²) in [5, 5.41) is 6.10. The molecule has 2 atom stereocenters. The Labute approximate surface area is 178 Å². The van der Waals surface area contributed by atoms with Gasteiger partial charge in [-0.3, -0.25) is 14.5 Å². The van der Waals surface area contributed by atoms with Crippen molar-refractivity contribution in [1.29, 1.82) is 0 Å². The van der Waals surface area contributed by atoms with Crippen molar-refractivity contribution < 1.29 is 14.4 Å². The highest BCUT2D eigenvalue weighted by molar-refractivity contribution is 5.92. The smallest absolute Gasteiger partial charge is 0.319 e. The second-order valence-electron chi connectivity index (χ2n) is 8.46. The largest absolute Gasteiger partial charge is 0.337 e. The lowest BCUT2D eigenvalue weighted by molar-refractivity contribution is -0.146. The van der Waals surface area contributed by atoms with Gasteiger partial charge in [-0.1, -0.05) is 25.1 Å². The molecular weight excluding hydrogens is 382 g/mol. The summed E-state index contributed by atoms with van der Waals surface area (Å²) in [4.78, 5) is 42.8. The summed E-state index contributed by atoms with van der Waals surface area (Å²) in [7, 11) is 1.91. The van der Waals surface area contributed by atoms with Gasteiger partial charge in [-0.2, -0.15) is 0 Å². The molecule has 2 aliphatic heterocycles. The van der Waals surface area contributed by atoms with Gasteiger partial charge >= 0.3 is 6.03 Å². The number of carbonyl (C=O) groups excluding carboxylic acids is 3. The van der Waals surface area contributed by atoms with Gasteiger partial charge < -0.3 is 20.4 Å². The fourth-order valence-electron chi connectivity index (χ4n) is 4.25. The van der Waals surface area contributed by atoms with Crippen molar-refractivity contribution in [3.8, 4) is 0 Å².